The van der Waals surface area contributed by atoms with Gasteiger partial charge in [0.05, 0.1) is 24.8 Å². The molecule has 0 N–H and O–H groups in total. The van der Waals surface area contributed by atoms with Crippen LogP contribution in [0.4, 0.5) is 13.2 Å². The first-order valence-corrected chi connectivity index (χ1v) is 10.5. The molecule has 2 amide bonds. The lowest BCUT2D eigenvalue weighted by Crippen LogP contribution is -2.45. The number of hydrogen-bond acceptors (Lipinski definition) is 5. The predicted octanol–water partition coefficient (Wildman–Crippen LogP) is 2.76. The van der Waals surface area contributed by atoms with Gasteiger partial charge in [0.1, 0.15) is 0 Å². The number of ether oxygens (including phenoxy) is 1. The van der Waals surface area contributed by atoms with Crippen LogP contribution in [0.1, 0.15) is 35.8 Å². The number of esters is 1. The molecule has 1 aromatic heterocycles. The average Bonchev–Trinajstić information content (AvgIpc) is 3.30. The van der Waals surface area contributed by atoms with Crippen LogP contribution in [0.25, 0.3) is 5.69 Å². The number of benzene rings is 1. The summed E-state index contributed by atoms with van der Waals surface area (Å²) in [6, 6.07) is 6.78. The number of nitrogens with zero attached hydrogens (tertiary/aromatic N) is 4. The number of aromatic nitrogens is 2. The summed E-state index contributed by atoms with van der Waals surface area (Å²) in [5.41, 5.74) is -0.351. The molecule has 0 aliphatic carbocycles. The van der Waals surface area contributed by atoms with Crippen LogP contribution >= 0.6 is 0 Å². The van der Waals surface area contributed by atoms with Gasteiger partial charge >= 0.3 is 12.1 Å². The first-order valence-electron chi connectivity index (χ1n) is 10.5. The van der Waals surface area contributed by atoms with Crippen LogP contribution in [-0.4, -0.2) is 70.7 Å². The van der Waals surface area contributed by atoms with Gasteiger partial charge in [0.15, 0.2) is 5.69 Å². The van der Waals surface area contributed by atoms with Gasteiger partial charge in [-0.2, -0.15) is 18.3 Å². The predicted molar refractivity (Wildman–Crippen MR) is 111 cm³/mol. The van der Waals surface area contributed by atoms with Crippen molar-refractivity contribution in [3.63, 3.8) is 0 Å². The van der Waals surface area contributed by atoms with Crippen molar-refractivity contribution < 1.29 is 32.3 Å². The molecule has 1 fully saturated rings. The van der Waals surface area contributed by atoms with E-state index in [-0.39, 0.29) is 24.3 Å². The van der Waals surface area contributed by atoms with E-state index in [0.717, 1.165) is 10.7 Å². The monoisotopic (exact) mass is 466 g/mol. The molecule has 11 heteroatoms. The number of piperidine rings is 1. The molecule has 0 saturated carbocycles. The Morgan fingerprint density at radius 3 is 2.30 bits per heavy atom. The van der Waals surface area contributed by atoms with Crippen molar-refractivity contribution in [1.82, 2.24) is 19.6 Å². The van der Waals surface area contributed by atoms with Crippen molar-refractivity contribution in [3.05, 3.63) is 47.8 Å². The van der Waals surface area contributed by atoms with E-state index in [1.165, 1.54) is 42.4 Å². The van der Waals surface area contributed by atoms with Crippen LogP contribution < -0.4 is 0 Å². The normalized spacial score (nSPS) is 14.8. The van der Waals surface area contributed by atoms with E-state index >= 15 is 0 Å². The fourth-order valence-electron chi connectivity index (χ4n) is 3.60. The second-order valence-corrected chi connectivity index (χ2v) is 7.76. The summed E-state index contributed by atoms with van der Waals surface area (Å²) in [5, 5.41) is 3.50. The Kier molecular flexibility index (Phi) is 7.39. The topological polar surface area (TPSA) is 84.7 Å². The standard InChI is InChI=1S/C22H25F3N4O4/c1-3-33-21(32)16-8-11-28(12-9-16)19(30)14-27(2)20(31)15-4-6-17(7-5-15)29-13-10-18(26-29)22(23,24)25/h4-7,10,13,16H,3,8-9,11-12,14H2,1-2H3. The summed E-state index contributed by atoms with van der Waals surface area (Å²) in [7, 11) is 1.50. The minimum Gasteiger partial charge on any atom is -0.466 e. The number of halogens is 3. The number of hydrogen-bond donors (Lipinski definition) is 0. The molecule has 3 rings (SSSR count). The summed E-state index contributed by atoms with van der Waals surface area (Å²) in [6.45, 7) is 2.78. The average molecular weight is 466 g/mol. The number of likely N-dealkylation sites (tertiary alicyclic amines) is 1. The Labute approximate surface area is 188 Å². The first kappa shape index (κ1) is 24.3. The maximum Gasteiger partial charge on any atom is 0.435 e. The van der Waals surface area contributed by atoms with Gasteiger partial charge in [-0.05, 0) is 50.1 Å². The minimum atomic E-state index is -4.54. The van der Waals surface area contributed by atoms with Crippen molar-refractivity contribution in [1.29, 1.82) is 0 Å². The molecule has 0 unspecified atom stereocenters. The molecule has 0 bridgehead atoms. The number of amides is 2. The second kappa shape index (κ2) is 10.1. The maximum atomic E-state index is 12.7. The molecule has 33 heavy (non-hydrogen) atoms. The molecule has 8 nitrogen and oxygen atoms in total. The highest BCUT2D eigenvalue weighted by atomic mass is 19.4. The van der Waals surface area contributed by atoms with Gasteiger partial charge in [-0.15, -0.1) is 0 Å². The summed E-state index contributed by atoms with van der Waals surface area (Å²) in [5.74, 6) is -1.08. The highest BCUT2D eigenvalue weighted by Crippen LogP contribution is 2.28. The van der Waals surface area contributed by atoms with Crippen molar-refractivity contribution in [2.24, 2.45) is 5.92 Å². The van der Waals surface area contributed by atoms with Crippen LogP contribution in [0.5, 0.6) is 0 Å². The van der Waals surface area contributed by atoms with E-state index in [2.05, 4.69) is 5.10 Å². The van der Waals surface area contributed by atoms with E-state index in [4.69, 9.17) is 4.74 Å². The van der Waals surface area contributed by atoms with Crippen molar-refractivity contribution in [3.8, 4) is 5.69 Å². The smallest absolute Gasteiger partial charge is 0.435 e. The lowest BCUT2D eigenvalue weighted by Gasteiger charge is -2.32. The van der Waals surface area contributed by atoms with E-state index in [0.29, 0.717) is 43.8 Å². The number of carbonyl (C=O) groups is 3. The Hall–Kier alpha value is -3.37. The molecular formula is C22H25F3N4O4. The van der Waals surface area contributed by atoms with Crippen LogP contribution in [0.3, 0.4) is 0 Å². The van der Waals surface area contributed by atoms with Crippen LogP contribution in [0.2, 0.25) is 0 Å². The molecule has 0 radical (unpaired) electrons. The highest BCUT2D eigenvalue weighted by molar-refractivity contribution is 5.96. The van der Waals surface area contributed by atoms with Gasteiger partial charge in [-0.25, -0.2) is 4.68 Å². The zero-order chi connectivity index (χ0) is 24.2. The van der Waals surface area contributed by atoms with Gasteiger partial charge in [0.2, 0.25) is 5.91 Å². The Balaban J connectivity index is 1.55. The summed E-state index contributed by atoms with van der Waals surface area (Å²) in [6.07, 6.45) is -2.31. The minimum absolute atomic E-state index is 0.126. The lowest BCUT2D eigenvalue weighted by atomic mass is 9.97. The molecule has 1 aliphatic rings. The Morgan fingerprint density at radius 2 is 1.76 bits per heavy atom. The molecule has 2 heterocycles. The van der Waals surface area contributed by atoms with Crippen LogP contribution in [0.15, 0.2) is 36.5 Å². The third kappa shape index (κ3) is 5.91. The van der Waals surface area contributed by atoms with Gasteiger partial charge in [-0.3, -0.25) is 14.4 Å². The van der Waals surface area contributed by atoms with Crippen molar-refractivity contribution in [2.75, 3.05) is 33.3 Å². The molecule has 0 atom stereocenters. The molecule has 1 aromatic carbocycles. The first-order chi connectivity index (χ1) is 15.6. The second-order valence-electron chi connectivity index (χ2n) is 7.76. The van der Waals surface area contributed by atoms with E-state index in [9.17, 15) is 27.6 Å². The zero-order valence-corrected chi connectivity index (χ0v) is 18.3. The fraction of sp³-hybridized carbons (Fsp3) is 0.455. The molecule has 178 valence electrons. The number of rotatable bonds is 6. The van der Waals surface area contributed by atoms with Gasteiger partial charge in [-0.1, -0.05) is 0 Å². The largest absolute Gasteiger partial charge is 0.466 e. The van der Waals surface area contributed by atoms with Crippen molar-refractivity contribution in [2.45, 2.75) is 25.9 Å². The summed E-state index contributed by atoms with van der Waals surface area (Å²) >= 11 is 0. The van der Waals surface area contributed by atoms with Gasteiger partial charge < -0.3 is 14.5 Å². The van der Waals surface area contributed by atoms with Gasteiger partial charge in [0, 0.05) is 31.9 Å². The lowest BCUT2D eigenvalue weighted by molar-refractivity contribution is -0.151. The Bertz CT molecular complexity index is 996. The van der Waals surface area contributed by atoms with E-state index in [1.807, 2.05) is 0 Å². The van der Waals surface area contributed by atoms with Crippen molar-refractivity contribution >= 4 is 17.8 Å². The van der Waals surface area contributed by atoms with Crippen LogP contribution in [0, 0.1) is 5.92 Å². The molecule has 1 saturated heterocycles. The molecule has 2 aromatic rings. The number of carbonyl (C=O) groups excluding carboxylic acids is 3. The number of alkyl halides is 3. The fourth-order valence-corrected chi connectivity index (χ4v) is 3.60. The SMILES string of the molecule is CCOC(=O)C1CCN(C(=O)CN(C)C(=O)c2ccc(-n3ccc(C(F)(F)F)n3)cc2)CC1. The third-order valence-electron chi connectivity index (χ3n) is 5.45. The van der Waals surface area contributed by atoms with Gasteiger partial charge in [0.25, 0.3) is 5.91 Å². The van der Waals surface area contributed by atoms with E-state index in [1.54, 1.807) is 11.8 Å². The molecule has 1 aliphatic heterocycles. The third-order valence-corrected chi connectivity index (χ3v) is 5.45. The maximum absolute atomic E-state index is 12.7. The summed E-state index contributed by atoms with van der Waals surface area (Å²) in [4.78, 5) is 40.0. The van der Waals surface area contributed by atoms with E-state index < -0.39 is 17.8 Å². The Morgan fingerprint density at radius 1 is 1.12 bits per heavy atom. The quantitative estimate of drug-likeness (QED) is 0.612. The number of likely N-dealkylation sites (N-methyl/N-ethyl adjacent to an activating group) is 1. The zero-order valence-electron chi connectivity index (χ0n) is 18.3. The highest BCUT2D eigenvalue weighted by Gasteiger charge is 2.33. The summed E-state index contributed by atoms with van der Waals surface area (Å²) < 4.78 is 44.3. The van der Waals surface area contributed by atoms with Crippen LogP contribution in [-0.2, 0) is 20.5 Å². The molecule has 0 spiro atoms. The molecular weight excluding hydrogens is 441 g/mol.